The first-order valence-corrected chi connectivity index (χ1v) is 9.11. The molecule has 3 aromatic rings. The van der Waals surface area contributed by atoms with Gasteiger partial charge in [0.15, 0.2) is 0 Å². The van der Waals surface area contributed by atoms with E-state index in [0.29, 0.717) is 28.9 Å². The van der Waals surface area contributed by atoms with E-state index >= 15 is 0 Å². The van der Waals surface area contributed by atoms with Crippen molar-refractivity contribution >= 4 is 34.8 Å². The van der Waals surface area contributed by atoms with Crippen molar-refractivity contribution in [1.82, 2.24) is 9.97 Å². The number of anilines is 3. The Labute approximate surface area is 164 Å². The molecule has 0 saturated carbocycles. The van der Waals surface area contributed by atoms with E-state index in [-0.39, 0.29) is 5.91 Å². The molecule has 1 heterocycles. The van der Waals surface area contributed by atoms with Gasteiger partial charge in [0.2, 0.25) is 5.95 Å². The largest absolute Gasteiger partial charge is 0.320 e. The number of aromatic nitrogens is 2. The minimum atomic E-state index is -0.302. The molecule has 0 aliphatic rings. The second-order valence-corrected chi connectivity index (χ2v) is 6.60. The van der Waals surface area contributed by atoms with Gasteiger partial charge in [-0.2, -0.15) is 0 Å². The average Bonchev–Trinajstić information content (AvgIpc) is 2.66. The molecule has 27 heavy (non-hydrogen) atoms. The lowest BCUT2D eigenvalue weighted by molar-refractivity contribution is 0.102. The molecular formula is C21H21ClN4O. The van der Waals surface area contributed by atoms with Crippen molar-refractivity contribution in [3.05, 3.63) is 76.6 Å². The maximum atomic E-state index is 12.7. The molecular weight excluding hydrogens is 360 g/mol. The molecule has 1 amide bonds. The third-order valence-corrected chi connectivity index (χ3v) is 4.67. The van der Waals surface area contributed by atoms with Gasteiger partial charge in [-0.05, 0) is 62.2 Å². The van der Waals surface area contributed by atoms with Gasteiger partial charge >= 0.3 is 0 Å². The zero-order valence-electron chi connectivity index (χ0n) is 15.5. The average molecular weight is 381 g/mol. The fourth-order valence-corrected chi connectivity index (χ4v) is 2.94. The van der Waals surface area contributed by atoms with Crippen molar-refractivity contribution in [1.29, 1.82) is 0 Å². The van der Waals surface area contributed by atoms with E-state index in [1.807, 2.05) is 49.9 Å². The summed E-state index contributed by atoms with van der Waals surface area (Å²) in [5, 5.41) is 3.47. The molecule has 0 atom stereocenters. The van der Waals surface area contributed by atoms with Crippen LogP contribution in [0.3, 0.4) is 0 Å². The Kier molecular flexibility index (Phi) is 5.72. The minimum absolute atomic E-state index is 0.297. The number of benzene rings is 2. The van der Waals surface area contributed by atoms with Crippen LogP contribution in [0.4, 0.5) is 17.3 Å². The van der Waals surface area contributed by atoms with Crippen LogP contribution in [0.1, 0.15) is 28.5 Å². The van der Waals surface area contributed by atoms with Crippen molar-refractivity contribution in [2.75, 3.05) is 16.8 Å². The first-order valence-electron chi connectivity index (χ1n) is 8.73. The summed E-state index contributed by atoms with van der Waals surface area (Å²) in [5.74, 6) is 0.183. The molecule has 0 saturated heterocycles. The molecule has 0 fully saturated rings. The van der Waals surface area contributed by atoms with Crippen LogP contribution in [-0.4, -0.2) is 22.4 Å². The highest BCUT2D eigenvalue weighted by Gasteiger charge is 2.15. The van der Waals surface area contributed by atoms with Gasteiger partial charge in [0.1, 0.15) is 5.69 Å². The Hall–Kier alpha value is -2.92. The van der Waals surface area contributed by atoms with Gasteiger partial charge in [-0.1, -0.05) is 29.8 Å². The van der Waals surface area contributed by atoms with E-state index in [1.54, 1.807) is 24.4 Å². The molecule has 3 rings (SSSR count). The molecule has 0 radical (unpaired) electrons. The molecule has 0 aliphatic carbocycles. The van der Waals surface area contributed by atoms with E-state index in [1.165, 1.54) is 0 Å². The van der Waals surface area contributed by atoms with E-state index in [4.69, 9.17) is 11.6 Å². The zero-order chi connectivity index (χ0) is 19.4. The summed E-state index contributed by atoms with van der Waals surface area (Å²) >= 11 is 6.13. The number of nitrogens with zero attached hydrogens (tertiary/aromatic N) is 3. The molecule has 1 aromatic heterocycles. The van der Waals surface area contributed by atoms with Crippen molar-refractivity contribution < 1.29 is 4.79 Å². The summed E-state index contributed by atoms with van der Waals surface area (Å²) in [6.45, 7) is 6.60. The Morgan fingerprint density at radius 1 is 1.15 bits per heavy atom. The van der Waals surface area contributed by atoms with Crippen LogP contribution >= 0.6 is 11.6 Å². The highest BCUT2D eigenvalue weighted by Crippen LogP contribution is 2.25. The van der Waals surface area contributed by atoms with Crippen LogP contribution < -0.4 is 10.2 Å². The van der Waals surface area contributed by atoms with Crippen molar-refractivity contribution in [2.24, 2.45) is 0 Å². The molecule has 0 unspecified atom stereocenters. The van der Waals surface area contributed by atoms with Gasteiger partial charge in [-0.15, -0.1) is 0 Å². The van der Waals surface area contributed by atoms with Gasteiger partial charge in [-0.25, -0.2) is 9.97 Å². The summed E-state index contributed by atoms with van der Waals surface area (Å²) in [5.41, 5.74) is 3.91. The molecule has 0 aliphatic heterocycles. The summed E-state index contributed by atoms with van der Waals surface area (Å²) in [4.78, 5) is 23.5. The summed E-state index contributed by atoms with van der Waals surface area (Å²) in [6.07, 6.45) is 1.60. The summed E-state index contributed by atoms with van der Waals surface area (Å²) in [6, 6.07) is 15.1. The fraction of sp³-hybridized carbons (Fsp3) is 0.190. The van der Waals surface area contributed by atoms with Crippen molar-refractivity contribution in [3.8, 4) is 0 Å². The molecule has 6 heteroatoms. The van der Waals surface area contributed by atoms with Crippen molar-refractivity contribution in [2.45, 2.75) is 20.8 Å². The smallest absolute Gasteiger partial charge is 0.274 e. The number of carbonyl (C=O) groups excluding carboxylic acids is 1. The highest BCUT2D eigenvalue weighted by molar-refractivity contribution is 6.31. The SMILES string of the molecule is CCN(c1cccc(C)c1)c1nccc(C(=O)Nc2cccc(Cl)c2C)n1. The third kappa shape index (κ3) is 4.26. The number of amides is 1. The Balaban J connectivity index is 1.88. The zero-order valence-corrected chi connectivity index (χ0v) is 16.3. The van der Waals surface area contributed by atoms with Crippen LogP contribution in [0, 0.1) is 13.8 Å². The Morgan fingerprint density at radius 3 is 2.67 bits per heavy atom. The monoisotopic (exact) mass is 380 g/mol. The standard InChI is InChI=1S/C21H21ClN4O/c1-4-26(16-8-5-7-14(2)13-16)21-23-12-11-19(25-21)20(27)24-18-10-6-9-17(22)15(18)3/h5-13H,4H2,1-3H3,(H,24,27). The van der Waals surface area contributed by atoms with Crippen LogP contribution in [0.15, 0.2) is 54.7 Å². The number of aryl methyl sites for hydroxylation is 1. The molecule has 1 N–H and O–H groups in total. The van der Waals surface area contributed by atoms with Crippen LogP contribution in [0.25, 0.3) is 0 Å². The predicted octanol–water partition coefficient (Wildman–Crippen LogP) is 5.16. The van der Waals surface area contributed by atoms with Crippen LogP contribution in [0.2, 0.25) is 5.02 Å². The Morgan fingerprint density at radius 2 is 1.93 bits per heavy atom. The lowest BCUT2D eigenvalue weighted by atomic mass is 10.2. The molecule has 138 valence electrons. The van der Waals surface area contributed by atoms with Gasteiger partial charge in [0, 0.05) is 29.1 Å². The number of hydrogen-bond donors (Lipinski definition) is 1. The minimum Gasteiger partial charge on any atom is -0.320 e. The van der Waals surface area contributed by atoms with E-state index in [9.17, 15) is 4.79 Å². The molecule has 2 aromatic carbocycles. The van der Waals surface area contributed by atoms with Gasteiger partial charge in [-0.3, -0.25) is 4.79 Å². The third-order valence-electron chi connectivity index (χ3n) is 4.26. The highest BCUT2D eigenvalue weighted by atomic mass is 35.5. The van der Waals surface area contributed by atoms with E-state index < -0.39 is 0 Å². The summed E-state index contributed by atoms with van der Waals surface area (Å²) in [7, 11) is 0. The van der Waals surface area contributed by atoms with Crippen molar-refractivity contribution in [3.63, 3.8) is 0 Å². The Bertz CT molecular complexity index is 974. The number of hydrogen-bond acceptors (Lipinski definition) is 4. The number of nitrogens with one attached hydrogen (secondary N) is 1. The maximum Gasteiger partial charge on any atom is 0.274 e. The van der Waals surface area contributed by atoms with Gasteiger partial charge in [0.05, 0.1) is 0 Å². The lowest BCUT2D eigenvalue weighted by Crippen LogP contribution is -2.21. The van der Waals surface area contributed by atoms with E-state index in [2.05, 4.69) is 21.4 Å². The fourth-order valence-electron chi connectivity index (χ4n) is 2.77. The second kappa shape index (κ2) is 8.18. The maximum absolute atomic E-state index is 12.7. The van der Waals surface area contributed by atoms with Gasteiger partial charge in [0.25, 0.3) is 5.91 Å². The number of halogens is 1. The molecule has 0 bridgehead atoms. The normalized spacial score (nSPS) is 10.5. The van der Waals surface area contributed by atoms with Crippen LogP contribution in [-0.2, 0) is 0 Å². The molecule has 0 spiro atoms. The molecule has 5 nitrogen and oxygen atoms in total. The quantitative estimate of drug-likeness (QED) is 0.664. The number of carbonyl (C=O) groups is 1. The topological polar surface area (TPSA) is 58.1 Å². The first-order chi connectivity index (χ1) is 13.0. The van der Waals surface area contributed by atoms with E-state index in [0.717, 1.165) is 16.8 Å². The number of rotatable bonds is 5. The summed E-state index contributed by atoms with van der Waals surface area (Å²) < 4.78 is 0. The van der Waals surface area contributed by atoms with Crippen LogP contribution in [0.5, 0.6) is 0 Å². The lowest BCUT2D eigenvalue weighted by Gasteiger charge is -2.21. The first kappa shape index (κ1) is 18.9. The predicted molar refractivity (Wildman–Crippen MR) is 110 cm³/mol. The second-order valence-electron chi connectivity index (χ2n) is 6.19. The van der Waals surface area contributed by atoms with Gasteiger partial charge < -0.3 is 10.2 Å².